The Morgan fingerprint density at radius 1 is 1.53 bits per heavy atom. The molecule has 15 heavy (non-hydrogen) atoms. The summed E-state index contributed by atoms with van der Waals surface area (Å²) < 4.78 is 7.69. The lowest BCUT2D eigenvalue weighted by molar-refractivity contribution is 0.394. The molecule has 2 aromatic rings. The summed E-state index contributed by atoms with van der Waals surface area (Å²) in [4.78, 5) is 7.95. The molecule has 0 saturated heterocycles. The summed E-state index contributed by atoms with van der Waals surface area (Å²) in [6.45, 7) is 0.638. The number of hydrogen-bond donors (Lipinski definition) is 0. The van der Waals surface area contributed by atoms with E-state index in [9.17, 15) is 0 Å². The third-order valence-corrected chi connectivity index (χ3v) is 2.78. The van der Waals surface area contributed by atoms with Gasteiger partial charge in [-0.15, -0.1) is 0 Å². The number of methoxy groups -OCH3 is 1. The normalized spacial score (nSPS) is 10.3. The largest absolute Gasteiger partial charge is 0.480 e. The van der Waals surface area contributed by atoms with E-state index in [0.29, 0.717) is 12.4 Å². The van der Waals surface area contributed by atoms with Gasteiger partial charge in [0.05, 0.1) is 18.1 Å². The molecule has 0 aromatic carbocycles. The maximum absolute atomic E-state index is 5.10. The fourth-order valence-electron chi connectivity index (χ4n) is 1.22. The number of nitrogens with zero attached hydrogens (tertiary/aromatic N) is 4. The van der Waals surface area contributed by atoms with Crippen LogP contribution in [0, 0.1) is 0 Å². The molecule has 0 saturated carbocycles. The highest BCUT2D eigenvalue weighted by Gasteiger charge is 2.07. The van der Waals surface area contributed by atoms with Gasteiger partial charge >= 0.3 is 0 Å². The van der Waals surface area contributed by atoms with Crippen molar-refractivity contribution in [3.05, 3.63) is 35.0 Å². The number of rotatable bonds is 3. The summed E-state index contributed by atoms with van der Waals surface area (Å²) in [6.07, 6.45) is 4.88. The molecule has 5 nitrogen and oxygen atoms in total. The average Bonchev–Trinajstić information content (AvgIpc) is 2.74. The molecular formula is C9H9BrN4O. The molecule has 0 amide bonds. The highest BCUT2D eigenvalue weighted by atomic mass is 79.9. The third-order valence-electron chi connectivity index (χ3n) is 1.93. The van der Waals surface area contributed by atoms with Crippen LogP contribution in [0.3, 0.4) is 0 Å². The second kappa shape index (κ2) is 4.39. The van der Waals surface area contributed by atoms with Crippen LogP contribution in [-0.2, 0) is 6.54 Å². The molecule has 2 heterocycles. The monoisotopic (exact) mass is 268 g/mol. The van der Waals surface area contributed by atoms with Crippen molar-refractivity contribution in [1.29, 1.82) is 0 Å². The molecule has 78 valence electrons. The minimum Gasteiger partial charge on any atom is -0.480 e. The first-order valence-electron chi connectivity index (χ1n) is 4.31. The summed E-state index contributed by atoms with van der Waals surface area (Å²) >= 11 is 3.44. The van der Waals surface area contributed by atoms with Gasteiger partial charge in [-0.3, -0.25) is 0 Å². The van der Waals surface area contributed by atoms with Gasteiger partial charge in [0.2, 0.25) is 5.88 Å². The van der Waals surface area contributed by atoms with E-state index in [-0.39, 0.29) is 0 Å². The number of pyridine rings is 1. The molecule has 0 radical (unpaired) electrons. The zero-order valence-electron chi connectivity index (χ0n) is 8.09. The van der Waals surface area contributed by atoms with Crippen LogP contribution in [-0.4, -0.2) is 26.9 Å². The van der Waals surface area contributed by atoms with Gasteiger partial charge < -0.3 is 4.74 Å². The van der Waals surface area contributed by atoms with Gasteiger partial charge in [0.1, 0.15) is 12.7 Å². The van der Waals surface area contributed by atoms with Gasteiger partial charge in [0, 0.05) is 6.20 Å². The first kappa shape index (κ1) is 10.1. The second-order valence-corrected chi connectivity index (χ2v) is 3.68. The van der Waals surface area contributed by atoms with Crippen molar-refractivity contribution in [2.75, 3.05) is 7.11 Å². The van der Waals surface area contributed by atoms with E-state index in [1.165, 1.54) is 6.33 Å². The van der Waals surface area contributed by atoms with Crippen molar-refractivity contribution in [1.82, 2.24) is 19.7 Å². The molecule has 0 spiro atoms. The predicted octanol–water partition coefficient (Wildman–Crippen LogP) is 1.49. The zero-order chi connectivity index (χ0) is 10.7. The lowest BCUT2D eigenvalue weighted by atomic mass is 10.2. The lowest BCUT2D eigenvalue weighted by Crippen LogP contribution is -2.02. The van der Waals surface area contributed by atoms with Gasteiger partial charge in [-0.25, -0.2) is 14.6 Å². The van der Waals surface area contributed by atoms with Crippen LogP contribution in [0.4, 0.5) is 0 Å². The molecular weight excluding hydrogens is 260 g/mol. The first-order chi connectivity index (χ1) is 7.31. The van der Waals surface area contributed by atoms with Crippen LogP contribution >= 0.6 is 15.9 Å². The van der Waals surface area contributed by atoms with Crippen molar-refractivity contribution in [3.63, 3.8) is 0 Å². The van der Waals surface area contributed by atoms with Gasteiger partial charge in [-0.1, -0.05) is 0 Å². The van der Waals surface area contributed by atoms with E-state index in [4.69, 9.17) is 4.74 Å². The maximum Gasteiger partial charge on any atom is 0.228 e. The summed E-state index contributed by atoms with van der Waals surface area (Å²) in [6, 6.07) is 1.91. The summed E-state index contributed by atoms with van der Waals surface area (Å²) in [5.41, 5.74) is 1.05. The van der Waals surface area contributed by atoms with E-state index in [2.05, 4.69) is 31.0 Å². The molecule has 0 bridgehead atoms. The van der Waals surface area contributed by atoms with Crippen molar-refractivity contribution in [2.24, 2.45) is 0 Å². The molecule has 2 aromatic heterocycles. The van der Waals surface area contributed by atoms with Crippen molar-refractivity contribution < 1.29 is 4.74 Å². The highest BCUT2D eigenvalue weighted by Crippen LogP contribution is 2.26. The van der Waals surface area contributed by atoms with E-state index in [1.807, 2.05) is 6.07 Å². The van der Waals surface area contributed by atoms with E-state index >= 15 is 0 Å². The SMILES string of the molecule is COc1nccc(Cn2cncn2)c1Br. The summed E-state index contributed by atoms with van der Waals surface area (Å²) in [5, 5.41) is 4.03. The van der Waals surface area contributed by atoms with Crippen LogP contribution < -0.4 is 4.74 Å². The fourth-order valence-corrected chi connectivity index (χ4v) is 1.74. The molecule has 0 N–H and O–H groups in total. The molecule has 0 atom stereocenters. The van der Waals surface area contributed by atoms with Crippen LogP contribution in [0.15, 0.2) is 29.4 Å². The number of ether oxygens (including phenoxy) is 1. The molecule has 6 heteroatoms. The van der Waals surface area contributed by atoms with Crippen molar-refractivity contribution in [2.45, 2.75) is 6.54 Å². The smallest absolute Gasteiger partial charge is 0.228 e. The van der Waals surface area contributed by atoms with Gasteiger partial charge in [0.25, 0.3) is 0 Å². The molecule has 0 unspecified atom stereocenters. The Balaban J connectivity index is 2.29. The Morgan fingerprint density at radius 3 is 3.07 bits per heavy atom. The first-order valence-corrected chi connectivity index (χ1v) is 5.10. The minimum atomic E-state index is 0.576. The second-order valence-electron chi connectivity index (χ2n) is 2.89. The van der Waals surface area contributed by atoms with Gasteiger partial charge in [-0.2, -0.15) is 5.10 Å². The summed E-state index contributed by atoms with van der Waals surface area (Å²) in [5.74, 6) is 0.576. The Morgan fingerprint density at radius 2 is 2.40 bits per heavy atom. The Labute approximate surface area is 95.2 Å². The average molecular weight is 269 g/mol. The number of hydrogen-bond acceptors (Lipinski definition) is 4. The standard InChI is InChI=1S/C9H9BrN4O/c1-15-9-8(10)7(2-3-12-9)4-14-6-11-5-13-14/h2-3,5-6H,4H2,1H3. The summed E-state index contributed by atoms with van der Waals surface area (Å²) in [7, 11) is 1.59. The zero-order valence-corrected chi connectivity index (χ0v) is 9.68. The lowest BCUT2D eigenvalue weighted by Gasteiger charge is -2.07. The molecule has 0 fully saturated rings. The van der Waals surface area contributed by atoms with Crippen LogP contribution in [0.2, 0.25) is 0 Å². The molecule has 2 rings (SSSR count). The van der Waals surface area contributed by atoms with E-state index < -0.39 is 0 Å². The fraction of sp³-hybridized carbons (Fsp3) is 0.222. The predicted molar refractivity (Wildman–Crippen MR) is 57.6 cm³/mol. The Kier molecular flexibility index (Phi) is 2.96. The number of aromatic nitrogens is 4. The van der Waals surface area contributed by atoms with Crippen LogP contribution in [0.1, 0.15) is 5.56 Å². The van der Waals surface area contributed by atoms with Crippen LogP contribution in [0.25, 0.3) is 0 Å². The van der Waals surface area contributed by atoms with Gasteiger partial charge in [0.15, 0.2) is 0 Å². The topological polar surface area (TPSA) is 52.8 Å². The number of halogens is 1. The maximum atomic E-state index is 5.10. The third kappa shape index (κ3) is 2.15. The van der Waals surface area contributed by atoms with Crippen molar-refractivity contribution >= 4 is 15.9 Å². The van der Waals surface area contributed by atoms with Crippen molar-refractivity contribution in [3.8, 4) is 5.88 Å². The van der Waals surface area contributed by atoms with E-state index in [1.54, 1.807) is 24.3 Å². The van der Waals surface area contributed by atoms with E-state index in [0.717, 1.165) is 10.0 Å². The highest BCUT2D eigenvalue weighted by molar-refractivity contribution is 9.10. The minimum absolute atomic E-state index is 0.576. The molecule has 0 aliphatic rings. The van der Waals surface area contributed by atoms with Crippen LogP contribution in [0.5, 0.6) is 5.88 Å². The van der Waals surface area contributed by atoms with Gasteiger partial charge in [-0.05, 0) is 27.6 Å². The molecule has 0 aliphatic heterocycles. The quantitative estimate of drug-likeness (QED) is 0.847. The molecule has 0 aliphatic carbocycles. The Hall–Kier alpha value is -1.43. The Bertz CT molecular complexity index is 443.